The van der Waals surface area contributed by atoms with Crippen LogP contribution < -0.4 is 11.1 Å². The van der Waals surface area contributed by atoms with Gasteiger partial charge in [-0.05, 0) is 6.92 Å². The third-order valence-electron chi connectivity index (χ3n) is 1.66. The van der Waals surface area contributed by atoms with Crippen LogP contribution in [0, 0.1) is 0 Å². The summed E-state index contributed by atoms with van der Waals surface area (Å²) >= 11 is 1.31. The summed E-state index contributed by atoms with van der Waals surface area (Å²) in [6.45, 7) is 3.89. The standard InChI is InChI=1S/C8H14N4OS/c1-3-7-11-8(14-12-7)10-5(2)4-6(9)13/h5H,3-4H2,1-2H3,(H2,9,13)(H,10,11,12). The zero-order chi connectivity index (χ0) is 10.6. The van der Waals surface area contributed by atoms with Crippen molar-refractivity contribution in [3.63, 3.8) is 0 Å². The normalized spacial score (nSPS) is 12.4. The van der Waals surface area contributed by atoms with Gasteiger partial charge in [0.1, 0.15) is 5.82 Å². The van der Waals surface area contributed by atoms with Crippen molar-refractivity contribution < 1.29 is 4.79 Å². The van der Waals surface area contributed by atoms with Crippen molar-refractivity contribution in [2.24, 2.45) is 5.73 Å². The average molecular weight is 214 g/mol. The van der Waals surface area contributed by atoms with E-state index in [0.29, 0.717) is 6.42 Å². The summed E-state index contributed by atoms with van der Waals surface area (Å²) in [6, 6.07) is 0.00477. The number of carbonyl (C=O) groups excluding carboxylic acids is 1. The van der Waals surface area contributed by atoms with Crippen molar-refractivity contribution in [2.45, 2.75) is 32.7 Å². The van der Waals surface area contributed by atoms with Gasteiger partial charge in [0.2, 0.25) is 11.0 Å². The van der Waals surface area contributed by atoms with E-state index in [1.54, 1.807) is 0 Å². The van der Waals surface area contributed by atoms with Gasteiger partial charge in [0.15, 0.2) is 0 Å². The molecule has 14 heavy (non-hydrogen) atoms. The van der Waals surface area contributed by atoms with Crippen LogP contribution in [-0.2, 0) is 11.2 Å². The summed E-state index contributed by atoms with van der Waals surface area (Å²) in [7, 11) is 0. The molecule has 1 atom stereocenters. The van der Waals surface area contributed by atoms with Gasteiger partial charge >= 0.3 is 0 Å². The molecular weight excluding hydrogens is 200 g/mol. The van der Waals surface area contributed by atoms with Crippen LogP contribution in [0.5, 0.6) is 0 Å². The number of amides is 1. The summed E-state index contributed by atoms with van der Waals surface area (Å²) < 4.78 is 4.12. The molecule has 78 valence electrons. The van der Waals surface area contributed by atoms with E-state index in [4.69, 9.17) is 5.73 Å². The Hall–Kier alpha value is -1.17. The first-order valence-electron chi connectivity index (χ1n) is 4.49. The SMILES string of the molecule is CCc1nsc(NC(C)CC(N)=O)n1. The summed E-state index contributed by atoms with van der Waals surface area (Å²) in [5, 5.41) is 3.82. The molecule has 6 heteroatoms. The van der Waals surface area contributed by atoms with Gasteiger partial charge in [0, 0.05) is 30.4 Å². The van der Waals surface area contributed by atoms with Crippen LogP contribution in [0.25, 0.3) is 0 Å². The van der Waals surface area contributed by atoms with E-state index < -0.39 is 0 Å². The zero-order valence-corrected chi connectivity index (χ0v) is 9.10. The molecule has 0 saturated carbocycles. The van der Waals surface area contributed by atoms with Crippen molar-refractivity contribution >= 4 is 22.6 Å². The van der Waals surface area contributed by atoms with Crippen LogP contribution in [0.15, 0.2) is 0 Å². The van der Waals surface area contributed by atoms with Gasteiger partial charge in [0.05, 0.1) is 0 Å². The highest BCUT2D eigenvalue weighted by Gasteiger charge is 2.08. The maximum absolute atomic E-state index is 10.6. The van der Waals surface area contributed by atoms with Crippen molar-refractivity contribution in [3.05, 3.63) is 5.82 Å². The van der Waals surface area contributed by atoms with Crippen LogP contribution >= 0.6 is 11.5 Å². The number of aromatic nitrogens is 2. The maximum atomic E-state index is 10.6. The van der Waals surface area contributed by atoms with Gasteiger partial charge in [-0.15, -0.1) is 0 Å². The predicted octanol–water partition coefficient (Wildman–Crippen LogP) is 0.776. The van der Waals surface area contributed by atoms with Crippen molar-refractivity contribution in [3.8, 4) is 0 Å². The predicted molar refractivity (Wildman–Crippen MR) is 56.2 cm³/mol. The third-order valence-corrected chi connectivity index (χ3v) is 2.35. The molecule has 0 aliphatic heterocycles. The molecule has 0 aromatic carbocycles. The smallest absolute Gasteiger partial charge is 0.219 e. The number of carbonyl (C=O) groups is 1. The fourth-order valence-corrected chi connectivity index (χ4v) is 1.78. The number of nitrogens with one attached hydrogen (secondary N) is 1. The highest BCUT2D eigenvalue weighted by Crippen LogP contribution is 2.13. The molecule has 0 spiro atoms. The first-order chi connectivity index (χ1) is 6.61. The lowest BCUT2D eigenvalue weighted by Gasteiger charge is -2.09. The van der Waals surface area contributed by atoms with Gasteiger partial charge in [-0.3, -0.25) is 4.79 Å². The van der Waals surface area contributed by atoms with Gasteiger partial charge < -0.3 is 11.1 Å². The number of aryl methyl sites for hydroxylation is 1. The number of nitrogens with zero attached hydrogens (tertiary/aromatic N) is 2. The Morgan fingerprint density at radius 1 is 1.71 bits per heavy atom. The van der Waals surface area contributed by atoms with Crippen LogP contribution in [0.1, 0.15) is 26.1 Å². The van der Waals surface area contributed by atoms with Gasteiger partial charge in [-0.1, -0.05) is 6.92 Å². The number of hydrogen-bond donors (Lipinski definition) is 2. The number of primary amides is 1. The Morgan fingerprint density at radius 3 is 2.93 bits per heavy atom. The molecule has 0 aliphatic rings. The van der Waals surface area contributed by atoms with E-state index in [0.717, 1.165) is 17.4 Å². The Kier molecular flexibility index (Phi) is 3.82. The third kappa shape index (κ3) is 3.29. The topological polar surface area (TPSA) is 80.9 Å². The van der Waals surface area contributed by atoms with E-state index in [1.165, 1.54) is 11.5 Å². The second kappa shape index (κ2) is 4.90. The van der Waals surface area contributed by atoms with E-state index in [-0.39, 0.29) is 11.9 Å². The molecular formula is C8H14N4OS. The summed E-state index contributed by atoms with van der Waals surface area (Å²) in [5.74, 6) is 0.508. The van der Waals surface area contributed by atoms with E-state index in [1.807, 2.05) is 13.8 Å². The molecule has 0 bridgehead atoms. The Balaban J connectivity index is 2.47. The highest BCUT2D eigenvalue weighted by molar-refractivity contribution is 7.09. The zero-order valence-electron chi connectivity index (χ0n) is 8.28. The lowest BCUT2D eigenvalue weighted by atomic mass is 10.2. The number of nitrogens with two attached hydrogens (primary N) is 1. The van der Waals surface area contributed by atoms with Crippen molar-refractivity contribution in [1.29, 1.82) is 0 Å². The van der Waals surface area contributed by atoms with Crippen LogP contribution in [0.4, 0.5) is 5.13 Å². The van der Waals surface area contributed by atoms with Gasteiger partial charge in [-0.2, -0.15) is 4.37 Å². The first-order valence-corrected chi connectivity index (χ1v) is 5.26. The summed E-state index contributed by atoms with van der Waals surface area (Å²) in [6.07, 6.45) is 1.13. The minimum atomic E-state index is -0.315. The minimum absolute atomic E-state index is 0.00477. The molecule has 1 heterocycles. The summed E-state index contributed by atoms with van der Waals surface area (Å²) in [5.41, 5.74) is 5.07. The molecule has 5 nitrogen and oxygen atoms in total. The first kappa shape index (κ1) is 10.9. The monoisotopic (exact) mass is 214 g/mol. The van der Waals surface area contributed by atoms with Crippen LogP contribution in [-0.4, -0.2) is 21.3 Å². The molecule has 1 aromatic heterocycles. The molecule has 0 saturated heterocycles. The number of anilines is 1. The highest BCUT2D eigenvalue weighted by atomic mass is 32.1. The van der Waals surface area contributed by atoms with Crippen LogP contribution in [0.3, 0.4) is 0 Å². The molecule has 0 fully saturated rings. The van der Waals surface area contributed by atoms with Gasteiger partial charge in [0.25, 0.3) is 0 Å². The molecule has 3 N–H and O–H groups in total. The van der Waals surface area contributed by atoms with Crippen LogP contribution in [0.2, 0.25) is 0 Å². The molecule has 1 rings (SSSR count). The van der Waals surface area contributed by atoms with Crippen molar-refractivity contribution in [1.82, 2.24) is 9.36 Å². The lowest BCUT2D eigenvalue weighted by Crippen LogP contribution is -2.23. The van der Waals surface area contributed by atoms with E-state index in [9.17, 15) is 4.79 Å². The molecule has 1 unspecified atom stereocenters. The van der Waals surface area contributed by atoms with E-state index >= 15 is 0 Å². The molecule has 1 aromatic rings. The largest absolute Gasteiger partial charge is 0.370 e. The number of rotatable bonds is 5. The van der Waals surface area contributed by atoms with Crippen molar-refractivity contribution in [2.75, 3.05) is 5.32 Å². The average Bonchev–Trinajstić information content (AvgIpc) is 2.50. The second-order valence-electron chi connectivity index (χ2n) is 3.09. The molecule has 1 amide bonds. The molecule has 0 aliphatic carbocycles. The molecule has 0 radical (unpaired) electrons. The fourth-order valence-electron chi connectivity index (χ4n) is 1.02. The summed E-state index contributed by atoms with van der Waals surface area (Å²) in [4.78, 5) is 14.8. The second-order valence-corrected chi connectivity index (χ2v) is 3.84. The number of hydrogen-bond acceptors (Lipinski definition) is 5. The maximum Gasteiger partial charge on any atom is 0.219 e. The Morgan fingerprint density at radius 2 is 2.43 bits per heavy atom. The lowest BCUT2D eigenvalue weighted by molar-refractivity contribution is -0.118. The fraction of sp³-hybridized carbons (Fsp3) is 0.625. The van der Waals surface area contributed by atoms with E-state index in [2.05, 4.69) is 14.7 Å². The van der Waals surface area contributed by atoms with Gasteiger partial charge in [-0.25, -0.2) is 4.98 Å². The minimum Gasteiger partial charge on any atom is -0.370 e. The Bertz CT molecular complexity index is 312. The Labute approximate surface area is 86.9 Å². The quantitative estimate of drug-likeness (QED) is 0.758.